The maximum atomic E-state index is 11.0. The zero-order valence-electron chi connectivity index (χ0n) is 10.2. The highest BCUT2D eigenvalue weighted by atomic mass is 35.5. The summed E-state index contributed by atoms with van der Waals surface area (Å²) >= 11 is 6.90. The van der Waals surface area contributed by atoms with Crippen LogP contribution in [0.15, 0.2) is 18.3 Å². The van der Waals surface area contributed by atoms with Crippen LogP contribution in [0.1, 0.15) is 15.2 Å². The van der Waals surface area contributed by atoms with Crippen molar-refractivity contribution in [2.24, 2.45) is 0 Å². The average Bonchev–Trinajstić information content (AvgIpc) is 2.82. The number of anilines is 1. The van der Waals surface area contributed by atoms with Gasteiger partial charge in [0, 0.05) is 22.8 Å². The Balaban J connectivity index is 2.30. The molecule has 0 bridgehead atoms. The molecule has 1 heterocycles. The third kappa shape index (κ3) is 3.38. The number of carbonyl (C=O) groups is 1. The molecule has 0 radical (unpaired) electrons. The molecule has 1 aromatic heterocycles. The molecule has 2 aromatic rings. The lowest BCUT2D eigenvalue weighted by Gasteiger charge is -2.07. The lowest BCUT2D eigenvalue weighted by atomic mass is 10.1. The maximum absolute atomic E-state index is 11.0. The van der Waals surface area contributed by atoms with Crippen molar-refractivity contribution < 1.29 is 19.9 Å². The van der Waals surface area contributed by atoms with Crippen molar-refractivity contribution in [2.75, 3.05) is 5.32 Å². The molecule has 2 rings (SSSR count). The van der Waals surface area contributed by atoms with Crippen molar-refractivity contribution in [1.29, 1.82) is 0 Å². The first-order valence-electron chi connectivity index (χ1n) is 5.47. The van der Waals surface area contributed by atoms with Crippen LogP contribution < -0.4 is 5.32 Å². The largest absolute Gasteiger partial charge is 0.501 e. The van der Waals surface area contributed by atoms with Crippen molar-refractivity contribution >= 4 is 40.3 Å². The number of hydrogen-bond acceptors (Lipinski definition) is 7. The van der Waals surface area contributed by atoms with Gasteiger partial charge in [-0.05, 0) is 6.07 Å². The van der Waals surface area contributed by atoms with Crippen LogP contribution in [0.2, 0.25) is 4.47 Å². The molecule has 0 atom stereocenters. The van der Waals surface area contributed by atoms with Gasteiger partial charge in [-0.2, -0.15) is 0 Å². The topological polar surface area (TPSA) is 126 Å². The van der Waals surface area contributed by atoms with Crippen LogP contribution in [0.25, 0.3) is 0 Å². The Labute approximate surface area is 126 Å². The van der Waals surface area contributed by atoms with Crippen LogP contribution in [-0.2, 0) is 6.54 Å². The number of benzene rings is 1. The zero-order chi connectivity index (χ0) is 15.6. The van der Waals surface area contributed by atoms with Crippen LogP contribution in [0.5, 0.6) is 5.75 Å². The summed E-state index contributed by atoms with van der Waals surface area (Å²) in [6.45, 7) is 0.269. The molecule has 0 aliphatic heterocycles. The van der Waals surface area contributed by atoms with Gasteiger partial charge in [-0.25, -0.2) is 9.78 Å². The first-order chi connectivity index (χ1) is 9.88. The number of carboxylic acids is 1. The highest BCUT2D eigenvalue weighted by Gasteiger charge is 2.22. The Kier molecular flexibility index (Phi) is 4.24. The molecular formula is C11H8ClN3O5S. The highest BCUT2D eigenvalue weighted by molar-refractivity contribution is 7.15. The number of nitrogens with zero attached hydrogens (tertiary/aromatic N) is 2. The summed E-state index contributed by atoms with van der Waals surface area (Å²) in [7, 11) is 0. The van der Waals surface area contributed by atoms with Crippen molar-refractivity contribution in [3.05, 3.63) is 43.4 Å². The van der Waals surface area contributed by atoms with E-state index < -0.39 is 27.9 Å². The minimum Gasteiger partial charge on any atom is -0.501 e. The Morgan fingerprint density at radius 2 is 2.24 bits per heavy atom. The fourth-order valence-electron chi connectivity index (χ4n) is 1.58. The van der Waals surface area contributed by atoms with Crippen molar-refractivity contribution in [1.82, 2.24) is 4.98 Å². The van der Waals surface area contributed by atoms with E-state index in [4.69, 9.17) is 16.7 Å². The minimum absolute atomic E-state index is 0.196. The molecule has 1 aromatic carbocycles. The van der Waals surface area contributed by atoms with E-state index in [9.17, 15) is 20.0 Å². The summed E-state index contributed by atoms with van der Waals surface area (Å²) in [6.07, 6.45) is 1.53. The molecular weight excluding hydrogens is 322 g/mol. The minimum atomic E-state index is -1.46. The maximum Gasteiger partial charge on any atom is 0.339 e. The van der Waals surface area contributed by atoms with E-state index in [1.54, 1.807) is 0 Å². The quantitative estimate of drug-likeness (QED) is 0.437. The van der Waals surface area contributed by atoms with Gasteiger partial charge in [0.25, 0.3) is 0 Å². The molecule has 8 nitrogen and oxygen atoms in total. The number of aromatic nitrogens is 1. The fraction of sp³-hybridized carbons (Fsp3) is 0.0909. The van der Waals surface area contributed by atoms with E-state index in [2.05, 4.69) is 10.3 Å². The number of nitrogens with one attached hydrogen (secondary N) is 1. The zero-order valence-corrected chi connectivity index (χ0v) is 11.8. The second kappa shape index (κ2) is 5.94. The number of rotatable bonds is 5. The van der Waals surface area contributed by atoms with Gasteiger partial charge in [-0.15, -0.1) is 11.3 Å². The van der Waals surface area contributed by atoms with E-state index in [1.807, 2.05) is 0 Å². The monoisotopic (exact) mass is 329 g/mol. The molecule has 0 saturated heterocycles. The van der Waals surface area contributed by atoms with E-state index in [-0.39, 0.29) is 12.2 Å². The number of nitro groups is 1. The average molecular weight is 330 g/mol. The van der Waals surface area contributed by atoms with Gasteiger partial charge in [0.2, 0.25) is 5.75 Å². The lowest BCUT2D eigenvalue weighted by Crippen LogP contribution is -2.04. The third-order valence-corrected chi connectivity index (χ3v) is 3.62. The second-order valence-electron chi connectivity index (χ2n) is 3.89. The predicted molar refractivity (Wildman–Crippen MR) is 76.2 cm³/mol. The summed E-state index contributed by atoms with van der Waals surface area (Å²) in [5, 5.41) is 32.2. The van der Waals surface area contributed by atoms with Crippen LogP contribution >= 0.6 is 22.9 Å². The van der Waals surface area contributed by atoms with Crippen LogP contribution in [-0.4, -0.2) is 26.1 Å². The second-order valence-corrected chi connectivity index (χ2v) is 5.58. The number of hydrogen-bond donors (Lipinski definition) is 3. The summed E-state index contributed by atoms with van der Waals surface area (Å²) in [5.41, 5.74) is -1.03. The molecule has 0 fully saturated rings. The fourth-order valence-corrected chi connectivity index (χ4v) is 2.50. The molecule has 0 aliphatic carbocycles. The van der Waals surface area contributed by atoms with Gasteiger partial charge in [-0.3, -0.25) is 10.1 Å². The molecule has 0 saturated carbocycles. The third-order valence-electron chi connectivity index (χ3n) is 2.51. The van der Waals surface area contributed by atoms with Gasteiger partial charge in [0.15, 0.2) is 4.47 Å². The van der Waals surface area contributed by atoms with Crippen LogP contribution in [0, 0.1) is 10.1 Å². The van der Waals surface area contributed by atoms with E-state index in [0.29, 0.717) is 4.47 Å². The van der Waals surface area contributed by atoms with Gasteiger partial charge < -0.3 is 15.5 Å². The van der Waals surface area contributed by atoms with Gasteiger partial charge in [0.05, 0.1) is 11.5 Å². The van der Waals surface area contributed by atoms with E-state index in [0.717, 1.165) is 17.0 Å². The van der Waals surface area contributed by atoms with Crippen LogP contribution in [0.4, 0.5) is 11.4 Å². The number of nitro benzene ring substituents is 1. The number of phenols is 1. The SMILES string of the molecule is O=C(O)c1cc(NCc2cnc(Cl)s2)cc([N+](=O)[O-])c1O. The summed E-state index contributed by atoms with van der Waals surface area (Å²) < 4.78 is 0.356. The number of aromatic carboxylic acids is 1. The summed E-state index contributed by atoms with van der Waals surface area (Å²) in [4.78, 5) is 25.6. The number of aromatic hydroxyl groups is 1. The van der Waals surface area contributed by atoms with Crippen molar-refractivity contribution in [3.8, 4) is 5.75 Å². The molecule has 110 valence electrons. The smallest absolute Gasteiger partial charge is 0.339 e. The Hall–Kier alpha value is -2.39. The molecule has 10 heteroatoms. The van der Waals surface area contributed by atoms with Gasteiger partial charge >= 0.3 is 11.7 Å². The lowest BCUT2D eigenvalue weighted by molar-refractivity contribution is -0.385. The predicted octanol–water partition coefficient (Wildman–Crippen LogP) is 2.72. The first-order valence-corrected chi connectivity index (χ1v) is 6.66. The molecule has 0 spiro atoms. The number of halogens is 1. The van der Waals surface area contributed by atoms with E-state index in [1.165, 1.54) is 17.5 Å². The molecule has 0 aliphatic rings. The summed E-state index contributed by atoms with van der Waals surface area (Å²) in [5.74, 6) is -2.33. The van der Waals surface area contributed by atoms with Crippen LogP contribution in [0.3, 0.4) is 0 Å². The molecule has 3 N–H and O–H groups in total. The molecule has 21 heavy (non-hydrogen) atoms. The highest BCUT2D eigenvalue weighted by Crippen LogP contribution is 2.33. The molecule has 0 amide bonds. The van der Waals surface area contributed by atoms with Gasteiger partial charge in [0.1, 0.15) is 5.56 Å². The standard InChI is InChI=1S/C11H8ClN3O5S/c12-11-14-4-6(21-11)3-13-5-1-7(10(17)18)9(16)8(2-5)15(19)20/h1-2,4,13,16H,3H2,(H,17,18). The first kappa shape index (κ1) is 15.0. The Morgan fingerprint density at radius 1 is 1.52 bits per heavy atom. The van der Waals surface area contributed by atoms with E-state index >= 15 is 0 Å². The Morgan fingerprint density at radius 3 is 2.76 bits per heavy atom. The normalized spacial score (nSPS) is 10.3. The van der Waals surface area contributed by atoms with Gasteiger partial charge in [-0.1, -0.05) is 11.6 Å². The molecule has 0 unspecified atom stereocenters. The number of thiazole rings is 1. The number of carboxylic acid groups (broad SMARTS) is 1. The summed E-state index contributed by atoms with van der Waals surface area (Å²) in [6, 6.07) is 2.18. The van der Waals surface area contributed by atoms with Crippen molar-refractivity contribution in [3.63, 3.8) is 0 Å². The van der Waals surface area contributed by atoms with Crippen molar-refractivity contribution in [2.45, 2.75) is 6.54 Å². The Bertz CT molecular complexity index is 683.